The van der Waals surface area contributed by atoms with Crippen molar-refractivity contribution in [2.75, 3.05) is 23.7 Å². The van der Waals surface area contributed by atoms with Crippen molar-refractivity contribution in [3.63, 3.8) is 0 Å². The molecule has 0 aliphatic carbocycles. The summed E-state index contributed by atoms with van der Waals surface area (Å²) in [6.07, 6.45) is 0.335. The molecule has 1 saturated heterocycles. The Kier molecular flexibility index (Phi) is 4.61. The van der Waals surface area contributed by atoms with Gasteiger partial charge in [-0.25, -0.2) is 0 Å². The molecule has 1 N–H and O–H groups in total. The van der Waals surface area contributed by atoms with Crippen LogP contribution in [0.15, 0.2) is 6.07 Å². The zero-order valence-electron chi connectivity index (χ0n) is 12.0. The first-order chi connectivity index (χ1) is 9.30. The average molecular weight is 316 g/mol. The number of thiophene rings is 1. The normalized spacial score (nSPS) is 20.5. The molecule has 0 saturated carbocycles. The van der Waals surface area contributed by atoms with Crippen LogP contribution in [0.4, 0.5) is 10.7 Å². The fourth-order valence-electron chi connectivity index (χ4n) is 2.18. The molecule has 1 fully saturated rings. The summed E-state index contributed by atoms with van der Waals surface area (Å²) >= 11 is 3.25. The Labute approximate surface area is 127 Å². The maximum Gasteiger partial charge on any atom is 0.304 e. The first-order valence-electron chi connectivity index (χ1n) is 6.65. The second kappa shape index (κ2) is 5.91. The van der Waals surface area contributed by atoms with Crippen molar-refractivity contribution in [2.24, 2.45) is 0 Å². The lowest BCUT2D eigenvalue weighted by Gasteiger charge is -2.22. The summed E-state index contributed by atoms with van der Waals surface area (Å²) in [4.78, 5) is 13.6. The van der Waals surface area contributed by atoms with Crippen LogP contribution in [0.5, 0.6) is 0 Å². The van der Waals surface area contributed by atoms with Crippen molar-refractivity contribution in [3.8, 4) is 0 Å². The van der Waals surface area contributed by atoms with E-state index in [1.165, 1.54) is 17.4 Å². The minimum Gasteiger partial charge on any atom is -0.388 e. The SMILES string of the molecule is CC(O)c1cc([N+](=O)[O-])c(N2CCSC(C)(C)CC2)s1. The quantitative estimate of drug-likeness (QED) is 0.683. The van der Waals surface area contributed by atoms with Gasteiger partial charge in [-0.1, -0.05) is 13.8 Å². The number of nitrogens with zero attached hydrogens (tertiary/aromatic N) is 2. The molecule has 1 aromatic rings. The fourth-order valence-corrected chi connectivity index (χ4v) is 4.39. The van der Waals surface area contributed by atoms with Gasteiger partial charge in [0.05, 0.1) is 11.0 Å². The van der Waals surface area contributed by atoms with Crippen LogP contribution in [0.2, 0.25) is 0 Å². The Hall–Kier alpha value is -0.790. The molecule has 0 amide bonds. The predicted molar refractivity (Wildman–Crippen MR) is 85.0 cm³/mol. The van der Waals surface area contributed by atoms with E-state index in [-0.39, 0.29) is 15.4 Å². The highest BCUT2D eigenvalue weighted by Crippen LogP contribution is 2.42. The molecular formula is C13H20N2O3S2. The van der Waals surface area contributed by atoms with Gasteiger partial charge in [0.2, 0.25) is 0 Å². The molecule has 1 aliphatic heterocycles. The Morgan fingerprint density at radius 3 is 2.80 bits per heavy atom. The smallest absolute Gasteiger partial charge is 0.304 e. The summed E-state index contributed by atoms with van der Waals surface area (Å²) < 4.78 is 0.216. The van der Waals surface area contributed by atoms with Gasteiger partial charge in [0.25, 0.3) is 0 Å². The highest BCUT2D eigenvalue weighted by Gasteiger charge is 2.29. The van der Waals surface area contributed by atoms with Crippen LogP contribution in [-0.2, 0) is 0 Å². The summed E-state index contributed by atoms with van der Waals surface area (Å²) in [6.45, 7) is 7.70. The van der Waals surface area contributed by atoms with E-state index in [1.54, 1.807) is 6.92 Å². The van der Waals surface area contributed by atoms with Crippen molar-refractivity contribution in [2.45, 2.75) is 38.0 Å². The minimum atomic E-state index is -0.662. The second-order valence-electron chi connectivity index (χ2n) is 5.62. The summed E-state index contributed by atoms with van der Waals surface area (Å²) in [5.41, 5.74) is 0.121. The van der Waals surface area contributed by atoms with Crippen molar-refractivity contribution < 1.29 is 10.0 Å². The fraction of sp³-hybridized carbons (Fsp3) is 0.692. The van der Waals surface area contributed by atoms with Crippen LogP contribution in [0.1, 0.15) is 38.2 Å². The summed E-state index contributed by atoms with van der Waals surface area (Å²) in [5.74, 6) is 0.964. The molecule has 0 radical (unpaired) electrons. The average Bonchev–Trinajstić information content (AvgIpc) is 2.71. The summed E-state index contributed by atoms with van der Waals surface area (Å²) in [5, 5.41) is 21.5. The standard InChI is InChI=1S/C13H20N2O3S2/c1-9(16)11-8-10(15(17)18)12(20-11)14-5-4-13(2,3)19-7-6-14/h8-9,16H,4-7H2,1-3H3. The van der Waals surface area contributed by atoms with Gasteiger partial charge in [-0.2, -0.15) is 11.8 Å². The number of aliphatic hydroxyl groups is 1. The van der Waals surface area contributed by atoms with Crippen molar-refractivity contribution in [1.82, 2.24) is 0 Å². The van der Waals surface area contributed by atoms with Gasteiger partial charge < -0.3 is 10.0 Å². The van der Waals surface area contributed by atoms with Gasteiger partial charge in [-0.15, -0.1) is 11.3 Å². The van der Waals surface area contributed by atoms with Crippen LogP contribution in [0.3, 0.4) is 0 Å². The number of anilines is 1. The van der Waals surface area contributed by atoms with E-state index in [0.717, 1.165) is 25.3 Å². The van der Waals surface area contributed by atoms with Crippen molar-refractivity contribution >= 4 is 33.8 Å². The highest BCUT2D eigenvalue weighted by atomic mass is 32.2. The van der Waals surface area contributed by atoms with Crippen molar-refractivity contribution in [3.05, 3.63) is 21.1 Å². The summed E-state index contributed by atoms with van der Waals surface area (Å²) in [7, 11) is 0. The zero-order valence-corrected chi connectivity index (χ0v) is 13.6. The molecule has 1 aliphatic rings. The Bertz CT molecular complexity index is 500. The number of hydrogen-bond donors (Lipinski definition) is 1. The van der Waals surface area contributed by atoms with E-state index in [1.807, 2.05) is 11.8 Å². The molecular weight excluding hydrogens is 296 g/mol. The van der Waals surface area contributed by atoms with Gasteiger partial charge in [0.15, 0.2) is 5.00 Å². The van der Waals surface area contributed by atoms with E-state index < -0.39 is 6.10 Å². The summed E-state index contributed by atoms with van der Waals surface area (Å²) in [6, 6.07) is 1.51. The van der Waals surface area contributed by atoms with E-state index in [4.69, 9.17) is 0 Å². The lowest BCUT2D eigenvalue weighted by Crippen LogP contribution is -2.26. The van der Waals surface area contributed by atoms with Crippen LogP contribution >= 0.6 is 23.1 Å². The molecule has 2 heterocycles. The van der Waals surface area contributed by atoms with E-state index in [9.17, 15) is 15.2 Å². The molecule has 1 unspecified atom stereocenters. The van der Waals surface area contributed by atoms with Gasteiger partial charge in [-0.3, -0.25) is 10.1 Å². The molecule has 20 heavy (non-hydrogen) atoms. The van der Waals surface area contributed by atoms with Crippen LogP contribution < -0.4 is 4.90 Å². The third-order valence-corrected chi connectivity index (χ3v) is 6.17. The predicted octanol–water partition coefficient (Wildman–Crippen LogP) is 3.43. The molecule has 0 bridgehead atoms. The van der Waals surface area contributed by atoms with Gasteiger partial charge >= 0.3 is 5.69 Å². The Balaban J connectivity index is 2.29. The first-order valence-corrected chi connectivity index (χ1v) is 8.45. The minimum absolute atomic E-state index is 0.121. The lowest BCUT2D eigenvalue weighted by molar-refractivity contribution is -0.383. The molecule has 5 nitrogen and oxygen atoms in total. The van der Waals surface area contributed by atoms with Crippen LogP contribution in [0, 0.1) is 10.1 Å². The second-order valence-corrected chi connectivity index (χ2v) is 8.48. The maximum absolute atomic E-state index is 11.2. The number of thioether (sulfide) groups is 1. The molecule has 2 rings (SSSR count). The monoisotopic (exact) mass is 316 g/mol. The van der Waals surface area contributed by atoms with Gasteiger partial charge in [-0.05, 0) is 13.3 Å². The third-order valence-electron chi connectivity index (χ3n) is 3.45. The maximum atomic E-state index is 11.2. The Morgan fingerprint density at radius 2 is 2.20 bits per heavy atom. The third kappa shape index (κ3) is 3.45. The van der Waals surface area contributed by atoms with Crippen LogP contribution in [0.25, 0.3) is 0 Å². The number of hydrogen-bond acceptors (Lipinski definition) is 6. The zero-order chi connectivity index (χ0) is 14.9. The van der Waals surface area contributed by atoms with E-state index in [0.29, 0.717) is 9.88 Å². The molecule has 0 spiro atoms. The molecule has 0 aromatic carbocycles. The van der Waals surface area contributed by atoms with Crippen molar-refractivity contribution in [1.29, 1.82) is 0 Å². The number of aliphatic hydroxyl groups excluding tert-OH is 1. The van der Waals surface area contributed by atoms with E-state index in [2.05, 4.69) is 18.7 Å². The molecule has 112 valence electrons. The largest absolute Gasteiger partial charge is 0.388 e. The first kappa shape index (κ1) is 15.6. The lowest BCUT2D eigenvalue weighted by atomic mass is 10.1. The highest BCUT2D eigenvalue weighted by molar-refractivity contribution is 8.00. The number of nitro groups is 1. The Morgan fingerprint density at radius 1 is 1.50 bits per heavy atom. The topological polar surface area (TPSA) is 66.6 Å². The molecule has 1 atom stereocenters. The van der Waals surface area contributed by atoms with Gasteiger partial charge in [0, 0.05) is 34.5 Å². The molecule has 7 heteroatoms. The van der Waals surface area contributed by atoms with Gasteiger partial charge in [0.1, 0.15) is 0 Å². The molecule has 1 aromatic heterocycles. The van der Waals surface area contributed by atoms with E-state index >= 15 is 0 Å². The van der Waals surface area contributed by atoms with Crippen LogP contribution in [-0.4, -0.2) is 33.6 Å². The number of rotatable bonds is 3.